The van der Waals surface area contributed by atoms with Crippen molar-refractivity contribution < 1.29 is 0 Å². The molecule has 0 radical (unpaired) electrons. The maximum absolute atomic E-state index is 9.08. The number of hydrogen-bond donors (Lipinski definition) is 1. The summed E-state index contributed by atoms with van der Waals surface area (Å²) in [6, 6.07) is 9.95. The zero-order valence-electron chi connectivity index (χ0n) is 9.49. The Morgan fingerprint density at radius 2 is 1.94 bits per heavy atom. The first-order valence-electron chi connectivity index (χ1n) is 5.79. The van der Waals surface area contributed by atoms with Crippen LogP contribution >= 0.6 is 15.9 Å². The molecule has 0 atom stereocenters. The number of nitriles is 1. The lowest BCUT2D eigenvalue weighted by Gasteiger charge is -2.06. The molecule has 2 rings (SSSR count). The Balaban J connectivity index is 2.02. The molecule has 0 amide bonds. The number of nitrogens with one attached hydrogen (secondary N) is 1. The van der Waals surface area contributed by atoms with Crippen LogP contribution in [0.4, 0.5) is 5.69 Å². The monoisotopic (exact) mass is 291 g/mol. The normalized spacial score (nSPS) is 16.8. The van der Waals surface area contributed by atoms with Gasteiger partial charge in [-0.1, -0.05) is 28.8 Å². The predicted molar refractivity (Wildman–Crippen MR) is 72.8 cm³/mol. The van der Waals surface area contributed by atoms with Crippen molar-refractivity contribution in [2.45, 2.75) is 25.7 Å². The molecule has 0 saturated heterocycles. The van der Waals surface area contributed by atoms with E-state index in [2.05, 4.69) is 32.5 Å². The maximum Gasteiger partial charge on any atom is 0.141 e. The van der Waals surface area contributed by atoms with Gasteiger partial charge in [-0.2, -0.15) is 10.4 Å². The SMILES string of the molecule is N#C/C(=N\Nc1ccc(Br)cc1)C1CCCC1. The number of halogens is 1. The molecule has 1 N–H and O–H groups in total. The zero-order chi connectivity index (χ0) is 12.1. The second-order valence-corrected chi connectivity index (χ2v) is 5.12. The van der Waals surface area contributed by atoms with Gasteiger partial charge in [0.1, 0.15) is 11.8 Å². The first-order chi connectivity index (χ1) is 8.29. The lowest BCUT2D eigenvalue weighted by Crippen LogP contribution is -2.10. The molecule has 0 heterocycles. The Morgan fingerprint density at radius 3 is 2.53 bits per heavy atom. The number of nitrogens with zero attached hydrogens (tertiary/aromatic N) is 2. The van der Waals surface area contributed by atoms with Crippen LogP contribution in [0.3, 0.4) is 0 Å². The van der Waals surface area contributed by atoms with Crippen molar-refractivity contribution in [1.82, 2.24) is 0 Å². The van der Waals surface area contributed by atoms with E-state index in [1.54, 1.807) is 0 Å². The third kappa shape index (κ3) is 3.31. The Morgan fingerprint density at radius 1 is 1.29 bits per heavy atom. The van der Waals surface area contributed by atoms with Crippen LogP contribution in [-0.4, -0.2) is 5.71 Å². The van der Waals surface area contributed by atoms with Crippen LogP contribution in [0.15, 0.2) is 33.8 Å². The molecule has 3 nitrogen and oxygen atoms in total. The summed E-state index contributed by atoms with van der Waals surface area (Å²) < 4.78 is 1.03. The van der Waals surface area contributed by atoms with Gasteiger partial charge in [0, 0.05) is 10.4 Å². The average molecular weight is 292 g/mol. The van der Waals surface area contributed by atoms with Gasteiger partial charge in [0.05, 0.1) is 5.69 Å². The van der Waals surface area contributed by atoms with Gasteiger partial charge >= 0.3 is 0 Å². The fraction of sp³-hybridized carbons (Fsp3) is 0.385. The molecule has 0 aromatic heterocycles. The molecule has 1 saturated carbocycles. The summed E-state index contributed by atoms with van der Waals surface area (Å²) in [6.45, 7) is 0. The summed E-state index contributed by atoms with van der Waals surface area (Å²) in [7, 11) is 0. The third-order valence-corrected chi connectivity index (χ3v) is 3.53. The highest BCUT2D eigenvalue weighted by Crippen LogP contribution is 2.26. The molecule has 1 aliphatic rings. The Bertz CT molecular complexity index is 439. The van der Waals surface area contributed by atoms with Crippen LogP contribution in [0.5, 0.6) is 0 Å². The van der Waals surface area contributed by atoms with E-state index in [0.717, 1.165) is 23.0 Å². The van der Waals surface area contributed by atoms with Crippen molar-refractivity contribution in [3.05, 3.63) is 28.7 Å². The van der Waals surface area contributed by atoms with Crippen LogP contribution in [-0.2, 0) is 0 Å². The van der Waals surface area contributed by atoms with Gasteiger partial charge in [0.25, 0.3) is 0 Å². The molecule has 0 spiro atoms. The largest absolute Gasteiger partial charge is 0.278 e. The fourth-order valence-electron chi connectivity index (χ4n) is 2.06. The molecule has 1 fully saturated rings. The van der Waals surface area contributed by atoms with E-state index < -0.39 is 0 Å². The maximum atomic E-state index is 9.08. The molecule has 4 heteroatoms. The van der Waals surface area contributed by atoms with E-state index in [1.807, 2.05) is 24.3 Å². The van der Waals surface area contributed by atoms with Gasteiger partial charge in [-0.05, 0) is 37.1 Å². The Kier molecular flexibility index (Phi) is 4.16. The van der Waals surface area contributed by atoms with Gasteiger partial charge in [-0.25, -0.2) is 0 Å². The molecule has 0 aliphatic heterocycles. The highest BCUT2D eigenvalue weighted by molar-refractivity contribution is 9.10. The fourth-order valence-corrected chi connectivity index (χ4v) is 2.32. The zero-order valence-corrected chi connectivity index (χ0v) is 11.1. The first kappa shape index (κ1) is 12.1. The summed E-state index contributed by atoms with van der Waals surface area (Å²) in [6.07, 6.45) is 4.61. The van der Waals surface area contributed by atoms with Crippen molar-refractivity contribution in [2.75, 3.05) is 5.43 Å². The van der Waals surface area contributed by atoms with Crippen molar-refractivity contribution in [3.8, 4) is 6.07 Å². The molecular weight excluding hydrogens is 278 g/mol. The van der Waals surface area contributed by atoms with Gasteiger partial charge in [0.15, 0.2) is 0 Å². The summed E-state index contributed by atoms with van der Waals surface area (Å²) >= 11 is 3.38. The number of hydrazone groups is 1. The van der Waals surface area contributed by atoms with Crippen LogP contribution < -0.4 is 5.43 Å². The van der Waals surface area contributed by atoms with Crippen LogP contribution in [0, 0.1) is 17.2 Å². The van der Waals surface area contributed by atoms with Crippen LogP contribution in [0.1, 0.15) is 25.7 Å². The molecular formula is C13H14BrN3. The minimum atomic E-state index is 0.350. The van der Waals surface area contributed by atoms with Crippen molar-refractivity contribution >= 4 is 27.3 Å². The highest BCUT2D eigenvalue weighted by Gasteiger charge is 2.20. The molecule has 1 aromatic carbocycles. The molecule has 17 heavy (non-hydrogen) atoms. The summed E-state index contributed by atoms with van der Waals surface area (Å²) in [5.41, 5.74) is 4.48. The van der Waals surface area contributed by atoms with E-state index in [0.29, 0.717) is 11.6 Å². The summed E-state index contributed by atoms with van der Waals surface area (Å²) in [4.78, 5) is 0. The van der Waals surface area contributed by atoms with Gasteiger partial charge < -0.3 is 0 Å². The molecule has 0 bridgehead atoms. The van der Waals surface area contributed by atoms with Gasteiger partial charge in [0.2, 0.25) is 0 Å². The second-order valence-electron chi connectivity index (χ2n) is 4.21. The Hall–Kier alpha value is -1.34. The summed E-state index contributed by atoms with van der Waals surface area (Å²) in [5.74, 6) is 0.350. The van der Waals surface area contributed by atoms with Crippen LogP contribution in [0.25, 0.3) is 0 Å². The van der Waals surface area contributed by atoms with Gasteiger partial charge in [-0.15, -0.1) is 0 Å². The van der Waals surface area contributed by atoms with E-state index in [1.165, 1.54) is 12.8 Å². The van der Waals surface area contributed by atoms with E-state index in [9.17, 15) is 0 Å². The molecule has 88 valence electrons. The topological polar surface area (TPSA) is 48.2 Å². The molecule has 1 aliphatic carbocycles. The number of rotatable bonds is 3. The smallest absolute Gasteiger partial charge is 0.141 e. The minimum Gasteiger partial charge on any atom is -0.278 e. The Labute approximate surface area is 110 Å². The lowest BCUT2D eigenvalue weighted by molar-refractivity contribution is 0.731. The predicted octanol–water partition coefficient (Wildman–Crippen LogP) is 3.93. The van der Waals surface area contributed by atoms with Gasteiger partial charge in [-0.3, -0.25) is 5.43 Å². The van der Waals surface area contributed by atoms with Crippen LogP contribution in [0.2, 0.25) is 0 Å². The molecule has 0 unspecified atom stereocenters. The third-order valence-electron chi connectivity index (χ3n) is 3.01. The van der Waals surface area contributed by atoms with Crippen molar-refractivity contribution in [2.24, 2.45) is 11.0 Å². The van der Waals surface area contributed by atoms with E-state index in [-0.39, 0.29) is 0 Å². The van der Waals surface area contributed by atoms with E-state index >= 15 is 0 Å². The lowest BCUT2D eigenvalue weighted by atomic mass is 10.0. The summed E-state index contributed by atoms with van der Waals surface area (Å²) in [5, 5.41) is 13.3. The number of anilines is 1. The average Bonchev–Trinajstić information content (AvgIpc) is 2.86. The van der Waals surface area contributed by atoms with Crippen molar-refractivity contribution in [3.63, 3.8) is 0 Å². The van der Waals surface area contributed by atoms with E-state index in [4.69, 9.17) is 5.26 Å². The van der Waals surface area contributed by atoms with Crippen molar-refractivity contribution in [1.29, 1.82) is 5.26 Å². The quantitative estimate of drug-likeness (QED) is 0.677. The minimum absolute atomic E-state index is 0.350. The number of hydrogen-bond acceptors (Lipinski definition) is 3. The number of benzene rings is 1. The molecule has 1 aromatic rings. The second kappa shape index (κ2) is 5.83. The first-order valence-corrected chi connectivity index (χ1v) is 6.58. The standard InChI is InChI=1S/C13H14BrN3/c14-11-5-7-12(8-6-11)16-17-13(9-15)10-3-1-2-4-10/h5-8,10,16H,1-4H2/b17-13+. The highest BCUT2D eigenvalue weighted by atomic mass is 79.9.